The molecular weight excluding hydrogens is 701 g/mol. The molecule has 2 N–H and O–H groups in total. The summed E-state index contributed by atoms with van der Waals surface area (Å²) >= 11 is 0. The predicted octanol–water partition coefficient (Wildman–Crippen LogP) is 7.71. The molecule has 0 saturated carbocycles. The Morgan fingerprint density at radius 2 is 0.839 bits per heavy atom. The second kappa shape index (κ2) is 14.5. The summed E-state index contributed by atoms with van der Waals surface area (Å²) < 4.78 is 0. The molecule has 0 unspecified atom stereocenters. The van der Waals surface area contributed by atoms with Crippen LogP contribution >= 0.6 is 0 Å². The maximum Gasteiger partial charge on any atom is 0.323 e. The van der Waals surface area contributed by atoms with Crippen LogP contribution in [-0.4, -0.2) is 29.7 Å². The van der Waals surface area contributed by atoms with E-state index in [1.165, 1.54) is 30.3 Å². The van der Waals surface area contributed by atoms with Crippen molar-refractivity contribution in [3.05, 3.63) is 190 Å². The highest BCUT2D eigenvalue weighted by atomic mass is 16.2. The first-order chi connectivity index (χ1) is 27.2. The third-order valence-corrected chi connectivity index (χ3v) is 9.01. The number of carbonyl (C=O) groups is 5. The average Bonchev–Trinajstić information content (AvgIpc) is 3.62. The molecule has 0 aliphatic carbocycles. The molecule has 2 heterocycles. The largest absolute Gasteiger partial charge is 0.323 e. The summed E-state index contributed by atoms with van der Waals surface area (Å²) in [5.41, 5.74) is 4.38. The minimum absolute atomic E-state index is 0.0188. The summed E-state index contributed by atoms with van der Waals surface area (Å²) in [4.78, 5) is 70.8. The topological polar surface area (TPSA) is 116 Å². The maximum absolute atomic E-state index is 14.0. The second-order valence-electron chi connectivity index (χ2n) is 12.7. The molecule has 0 spiro atoms. The van der Waals surface area contributed by atoms with Crippen LogP contribution in [0.15, 0.2) is 140 Å². The smallest absolute Gasteiger partial charge is 0.308 e. The summed E-state index contributed by atoms with van der Waals surface area (Å²) in [6, 6.07) is 38.3. The Morgan fingerprint density at radius 1 is 0.429 bits per heavy atom. The van der Waals surface area contributed by atoms with Crippen molar-refractivity contribution < 1.29 is 24.0 Å². The highest BCUT2D eigenvalue weighted by Crippen LogP contribution is 2.37. The molecule has 2 aliphatic rings. The molecule has 6 aromatic rings. The van der Waals surface area contributed by atoms with Gasteiger partial charge in [-0.3, -0.25) is 19.2 Å². The SMILES string of the molecule is C#Cc1ccc(NC(=O)Nc2cc(N3C(=O)c4ccc(C#Cc5ccccc5)cc4C3=O)cc(N3C(=O)c4ccc(C#Cc5ccccc5)cc4C3=O)c2)cc1. The van der Waals surface area contributed by atoms with Gasteiger partial charge in [-0.25, -0.2) is 14.6 Å². The van der Waals surface area contributed by atoms with E-state index in [0.29, 0.717) is 22.4 Å². The molecule has 9 nitrogen and oxygen atoms in total. The standard InChI is InChI=1S/C47H26N4O5/c1-2-30-17-21-35(22-18-30)48-47(56)49-36-27-37(50-43(52)39-23-19-33(25-41(39)45(50)54)15-13-31-9-5-3-6-10-31)29-38(28-36)51-44(53)40-24-20-34(26-42(40)46(51)55)16-14-32-11-7-4-8-12-32/h1,3-12,17-29H,(H2,48,49,56). The van der Waals surface area contributed by atoms with Gasteiger partial charge in [0.15, 0.2) is 0 Å². The van der Waals surface area contributed by atoms with Gasteiger partial charge in [0.2, 0.25) is 0 Å². The molecule has 56 heavy (non-hydrogen) atoms. The Bertz CT molecular complexity index is 2660. The fourth-order valence-electron chi connectivity index (χ4n) is 6.31. The molecule has 0 atom stereocenters. The van der Waals surface area contributed by atoms with Gasteiger partial charge in [0.1, 0.15) is 0 Å². The van der Waals surface area contributed by atoms with Gasteiger partial charge in [-0.05, 0) is 103 Å². The van der Waals surface area contributed by atoms with Crippen LogP contribution in [-0.2, 0) is 0 Å². The van der Waals surface area contributed by atoms with Gasteiger partial charge in [0.05, 0.1) is 33.6 Å². The number of urea groups is 1. The lowest BCUT2D eigenvalue weighted by atomic mass is 10.1. The normalized spacial score (nSPS) is 12.5. The van der Waals surface area contributed by atoms with Crippen LogP contribution in [0.2, 0.25) is 0 Å². The lowest BCUT2D eigenvalue weighted by Gasteiger charge is -2.21. The first kappa shape index (κ1) is 34.6. The van der Waals surface area contributed by atoms with Crippen LogP contribution < -0.4 is 20.4 Å². The molecule has 9 heteroatoms. The highest BCUT2D eigenvalue weighted by Gasteiger charge is 2.40. The number of hydrogen-bond acceptors (Lipinski definition) is 5. The third kappa shape index (κ3) is 6.77. The second-order valence-corrected chi connectivity index (χ2v) is 12.7. The van der Waals surface area contributed by atoms with Crippen molar-refractivity contribution >= 4 is 52.4 Å². The Balaban J connectivity index is 1.14. The maximum atomic E-state index is 14.0. The van der Waals surface area contributed by atoms with Gasteiger partial charge in [-0.1, -0.05) is 66.0 Å². The van der Waals surface area contributed by atoms with Crippen LogP contribution in [0.3, 0.4) is 0 Å². The van der Waals surface area contributed by atoms with Gasteiger partial charge in [0, 0.05) is 39.2 Å². The van der Waals surface area contributed by atoms with Gasteiger partial charge in [-0.15, -0.1) is 6.42 Å². The lowest BCUT2D eigenvalue weighted by Crippen LogP contribution is -2.32. The number of rotatable bonds is 4. The number of terminal acetylenes is 1. The molecule has 8 rings (SSSR count). The summed E-state index contributed by atoms with van der Waals surface area (Å²) in [6.07, 6.45) is 5.45. The highest BCUT2D eigenvalue weighted by molar-refractivity contribution is 6.36. The number of benzene rings is 6. The third-order valence-electron chi connectivity index (χ3n) is 9.01. The van der Waals surface area contributed by atoms with Crippen LogP contribution in [0.5, 0.6) is 0 Å². The van der Waals surface area contributed by atoms with Crippen molar-refractivity contribution in [3.63, 3.8) is 0 Å². The van der Waals surface area contributed by atoms with E-state index in [1.54, 1.807) is 48.5 Å². The fourth-order valence-corrected chi connectivity index (χ4v) is 6.31. The summed E-state index contributed by atoms with van der Waals surface area (Å²) in [5.74, 6) is 12.2. The lowest BCUT2D eigenvalue weighted by molar-refractivity contribution is 0.0912. The number of nitrogens with one attached hydrogen (secondary N) is 2. The van der Waals surface area contributed by atoms with E-state index in [4.69, 9.17) is 6.42 Å². The number of nitrogens with zero attached hydrogens (tertiary/aromatic N) is 2. The molecule has 0 fully saturated rings. The summed E-state index contributed by atoms with van der Waals surface area (Å²) in [7, 11) is 0. The molecule has 6 aromatic carbocycles. The van der Waals surface area contributed by atoms with E-state index in [0.717, 1.165) is 20.9 Å². The summed E-state index contributed by atoms with van der Waals surface area (Å²) in [5, 5.41) is 5.41. The zero-order valence-corrected chi connectivity index (χ0v) is 29.3. The fraction of sp³-hybridized carbons (Fsp3) is 0. The van der Waals surface area contributed by atoms with Crippen LogP contribution in [0.25, 0.3) is 0 Å². The Morgan fingerprint density at radius 3 is 1.30 bits per heavy atom. The van der Waals surface area contributed by atoms with Gasteiger partial charge in [-0.2, -0.15) is 0 Å². The number of imide groups is 2. The van der Waals surface area contributed by atoms with Crippen LogP contribution in [0.4, 0.5) is 27.5 Å². The number of hydrogen-bond donors (Lipinski definition) is 2. The molecule has 6 amide bonds. The summed E-state index contributed by atoms with van der Waals surface area (Å²) in [6.45, 7) is 0. The van der Waals surface area contributed by atoms with E-state index >= 15 is 0 Å². The minimum Gasteiger partial charge on any atom is -0.308 e. The first-order valence-electron chi connectivity index (χ1n) is 17.3. The molecular formula is C47H26N4O5. The number of fused-ring (bicyclic) bond motifs is 2. The molecule has 0 radical (unpaired) electrons. The van der Waals surface area contributed by atoms with Crippen LogP contribution in [0, 0.1) is 36.0 Å². The average molecular weight is 727 g/mol. The first-order valence-corrected chi connectivity index (χ1v) is 17.3. The van der Waals surface area contributed by atoms with E-state index in [-0.39, 0.29) is 39.3 Å². The van der Waals surface area contributed by atoms with E-state index in [9.17, 15) is 24.0 Å². The van der Waals surface area contributed by atoms with Crippen molar-refractivity contribution in [2.75, 3.05) is 20.4 Å². The van der Waals surface area contributed by atoms with Crippen molar-refractivity contribution in [2.45, 2.75) is 0 Å². The van der Waals surface area contributed by atoms with E-state index in [1.807, 2.05) is 60.7 Å². The monoisotopic (exact) mass is 726 g/mol. The minimum atomic E-state index is -0.672. The number of amides is 6. The molecule has 0 aromatic heterocycles. The predicted molar refractivity (Wildman–Crippen MR) is 213 cm³/mol. The Kier molecular flexibility index (Phi) is 8.98. The van der Waals surface area contributed by atoms with Crippen molar-refractivity contribution in [1.82, 2.24) is 0 Å². The quantitative estimate of drug-likeness (QED) is 0.143. The molecule has 264 valence electrons. The number of carbonyl (C=O) groups excluding carboxylic acids is 5. The van der Waals surface area contributed by atoms with Gasteiger partial charge < -0.3 is 10.6 Å². The molecule has 2 aliphatic heterocycles. The van der Waals surface area contributed by atoms with E-state index < -0.39 is 29.7 Å². The van der Waals surface area contributed by atoms with E-state index in [2.05, 4.69) is 40.2 Å². The van der Waals surface area contributed by atoms with Crippen molar-refractivity contribution in [1.29, 1.82) is 0 Å². The molecule has 0 bridgehead atoms. The van der Waals surface area contributed by atoms with Gasteiger partial charge >= 0.3 is 6.03 Å². The van der Waals surface area contributed by atoms with Crippen molar-refractivity contribution in [3.8, 4) is 36.0 Å². The molecule has 0 saturated heterocycles. The van der Waals surface area contributed by atoms with Gasteiger partial charge in [0.25, 0.3) is 23.6 Å². The zero-order valence-electron chi connectivity index (χ0n) is 29.3. The Hall–Kier alpha value is -8.45. The Labute approximate surface area is 321 Å². The van der Waals surface area contributed by atoms with Crippen LogP contribution in [0.1, 0.15) is 69.2 Å². The van der Waals surface area contributed by atoms with Crippen molar-refractivity contribution in [2.24, 2.45) is 0 Å². The zero-order chi connectivity index (χ0) is 38.8. The number of anilines is 4.